The average Bonchev–Trinajstić information content (AvgIpc) is 2.53. The lowest BCUT2D eigenvalue weighted by molar-refractivity contribution is -0.141. The van der Waals surface area contributed by atoms with Gasteiger partial charge in [0.05, 0.1) is 12.7 Å². The quantitative estimate of drug-likeness (QED) is 0.801. The van der Waals surface area contributed by atoms with Gasteiger partial charge in [-0.3, -0.25) is 18.7 Å². The Bertz CT molecular complexity index is 862. The molecule has 0 aliphatic heterocycles. The summed E-state index contributed by atoms with van der Waals surface area (Å²) in [6, 6.07) is 5.66. The van der Waals surface area contributed by atoms with E-state index in [1.54, 1.807) is 6.92 Å². The fourth-order valence-electron chi connectivity index (χ4n) is 2.48. The van der Waals surface area contributed by atoms with E-state index in [2.05, 4.69) is 4.74 Å². The van der Waals surface area contributed by atoms with Gasteiger partial charge in [0.2, 0.25) is 0 Å². The van der Waals surface area contributed by atoms with Crippen LogP contribution in [0.2, 0.25) is 0 Å². The molecule has 0 radical (unpaired) electrons. The standard InChI is InChI=1S/C17H20N2O4/c1-5-19-16(21)14(13-8-6-7-11(2)12(13)3)9-18(17(19)22)10-15(20)23-4/h6-9H,5,10H2,1-4H3. The van der Waals surface area contributed by atoms with Crippen molar-refractivity contribution in [3.8, 4) is 11.1 Å². The van der Waals surface area contributed by atoms with E-state index >= 15 is 0 Å². The predicted octanol–water partition coefficient (Wildman–Crippen LogP) is 1.49. The molecule has 0 aliphatic rings. The summed E-state index contributed by atoms with van der Waals surface area (Å²) in [4.78, 5) is 36.5. The lowest BCUT2D eigenvalue weighted by Gasteiger charge is -2.13. The van der Waals surface area contributed by atoms with Gasteiger partial charge in [0.15, 0.2) is 0 Å². The fraction of sp³-hybridized carbons (Fsp3) is 0.353. The van der Waals surface area contributed by atoms with Gasteiger partial charge in [0.1, 0.15) is 6.54 Å². The number of aryl methyl sites for hydroxylation is 1. The van der Waals surface area contributed by atoms with Crippen molar-refractivity contribution in [3.05, 3.63) is 56.4 Å². The van der Waals surface area contributed by atoms with Gasteiger partial charge in [-0.1, -0.05) is 18.2 Å². The highest BCUT2D eigenvalue weighted by Crippen LogP contribution is 2.22. The van der Waals surface area contributed by atoms with E-state index in [-0.39, 0.29) is 18.6 Å². The number of hydrogen-bond acceptors (Lipinski definition) is 4. The van der Waals surface area contributed by atoms with Crippen LogP contribution in [0.1, 0.15) is 18.1 Å². The molecule has 1 heterocycles. The lowest BCUT2D eigenvalue weighted by atomic mass is 9.99. The molecule has 0 saturated heterocycles. The minimum absolute atomic E-state index is 0.229. The number of ether oxygens (including phenoxy) is 1. The fourth-order valence-corrected chi connectivity index (χ4v) is 2.48. The van der Waals surface area contributed by atoms with Crippen molar-refractivity contribution in [2.24, 2.45) is 0 Å². The van der Waals surface area contributed by atoms with E-state index in [0.29, 0.717) is 5.56 Å². The van der Waals surface area contributed by atoms with Crippen LogP contribution in [0.15, 0.2) is 34.0 Å². The first kappa shape index (κ1) is 16.7. The maximum absolute atomic E-state index is 12.6. The molecule has 0 aliphatic carbocycles. The summed E-state index contributed by atoms with van der Waals surface area (Å²) in [6.07, 6.45) is 1.44. The molecule has 0 N–H and O–H groups in total. The first-order chi connectivity index (χ1) is 10.9. The monoisotopic (exact) mass is 316 g/mol. The molecule has 0 saturated carbocycles. The minimum atomic E-state index is -0.541. The molecule has 6 nitrogen and oxygen atoms in total. The van der Waals surface area contributed by atoms with E-state index in [4.69, 9.17) is 0 Å². The first-order valence-electron chi connectivity index (χ1n) is 7.38. The zero-order valence-electron chi connectivity index (χ0n) is 13.8. The number of hydrogen-bond donors (Lipinski definition) is 0. The number of benzene rings is 1. The van der Waals surface area contributed by atoms with Crippen LogP contribution in [0, 0.1) is 13.8 Å². The Morgan fingerprint density at radius 3 is 2.48 bits per heavy atom. The van der Waals surface area contributed by atoms with Crippen molar-refractivity contribution in [1.82, 2.24) is 9.13 Å². The topological polar surface area (TPSA) is 70.3 Å². The zero-order chi connectivity index (χ0) is 17.1. The average molecular weight is 316 g/mol. The van der Waals surface area contributed by atoms with Gasteiger partial charge in [0.25, 0.3) is 5.56 Å². The minimum Gasteiger partial charge on any atom is -0.468 e. The van der Waals surface area contributed by atoms with Gasteiger partial charge in [-0.25, -0.2) is 4.79 Å². The van der Waals surface area contributed by atoms with Crippen molar-refractivity contribution in [3.63, 3.8) is 0 Å². The number of methoxy groups -OCH3 is 1. The molecule has 2 rings (SSSR count). The Morgan fingerprint density at radius 2 is 1.87 bits per heavy atom. The zero-order valence-corrected chi connectivity index (χ0v) is 13.8. The Hall–Kier alpha value is -2.63. The van der Waals surface area contributed by atoms with Crippen LogP contribution in [-0.4, -0.2) is 22.2 Å². The van der Waals surface area contributed by atoms with Crippen LogP contribution < -0.4 is 11.2 Å². The van der Waals surface area contributed by atoms with E-state index < -0.39 is 11.7 Å². The number of nitrogens with zero attached hydrogens (tertiary/aromatic N) is 2. The third kappa shape index (κ3) is 3.11. The molecule has 0 spiro atoms. The lowest BCUT2D eigenvalue weighted by Crippen LogP contribution is -2.41. The largest absolute Gasteiger partial charge is 0.468 e. The maximum Gasteiger partial charge on any atom is 0.331 e. The number of esters is 1. The Morgan fingerprint density at radius 1 is 1.17 bits per heavy atom. The molecule has 0 fully saturated rings. The van der Waals surface area contributed by atoms with Crippen LogP contribution in [0.5, 0.6) is 0 Å². The maximum atomic E-state index is 12.6. The van der Waals surface area contributed by atoms with E-state index in [0.717, 1.165) is 21.3 Å². The molecule has 1 aromatic carbocycles. The van der Waals surface area contributed by atoms with E-state index in [1.165, 1.54) is 17.9 Å². The number of aromatic nitrogens is 2. The van der Waals surface area contributed by atoms with Gasteiger partial charge in [-0.05, 0) is 37.5 Å². The summed E-state index contributed by atoms with van der Waals surface area (Å²) >= 11 is 0. The smallest absolute Gasteiger partial charge is 0.331 e. The van der Waals surface area contributed by atoms with Crippen molar-refractivity contribution in [2.45, 2.75) is 33.9 Å². The Balaban J connectivity index is 2.76. The highest BCUT2D eigenvalue weighted by atomic mass is 16.5. The third-order valence-electron chi connectivity index (χ3n) is 3.98. The molecule has 2 aromatic rings. The molecular formula is C17H20N2O4. The van der Waals surface area contributed by atoms with Crippen LogP contribution in [0.4, 0.5) is 0 Å². The summed E-state index contributed by atoms with van der Waals surface area (Å²) in [5, 5.41) is 0. The third-order valence-corrected chi connectivity index (χ3v) is 3.98. The Kier molecular flexibility index (Phi) is 4.83. The molecule has 0 unspecified atom stereocenters. The second-order valence-electron chi connectivity index (χ2n) is 5.33. The van der Waals surface area contributed by atoms with Crippen molar-refractivity contribution < 1.29 is 9.53 Å². The highest BCUT2D eigenvalue weighted by molar-refractivity contribution is 5.70. The second-order valence-corrected chi connectivity index (χ2v) is 5.33. The summed E-state index contributed by atoms with van der Waals surface area (Å²) in [5.41, 5.74) is 2.31. The van der Waals surface area contributed by atoms with Crippen molar-refractivity contribution in [2.75, 3.05) is 7.11 Å². The molecule has 0 bridgehead atoms. The van der Waals surface area contributed by atoms with Crippen LogP contribution in [-0.2, 0) is 22.6 Å². The molecule has 6 heteroatoms. The van der Waals surface area contributed by atoms with Crippen molar-refractivity contribution >= 4 is 5.97 Å². The molecule has 0 amide bonds. The van der Waals surface area contributed by atoms with E-state index in [1.807, 2.05) is 32.0 Å². The van der Waals surface area contributed by atoms with Crippen molar-refractivity contribution in [1.29, 1.82) is 0 Å². The molecule has 0 atom stereocenters. The van der Waals surface area contributed by atoms with Crippen LogP contribution in [0.3, 0.4) is 0 Å². The normalized spacial score (nSPS) is 10.6. The number of carbonyl (C=O) groups is 1. The summed E-state index contributed by atoms with van der Waals surface area (Å²) < 4.78 is 6.96. The van der Waals surface area contributed by atoms with Gasteiger partial charge >= 0.3 is 11.7 Å². The predicted molar refractivity (Wildman–Crippen MR) is 87.6 cm³/mol. The van der Waals surface area contributed by atoms with Crippen LogP contribution >= 0.6 is 0 Å². The highest BCUT2D eigenvalue weighted by Gasteiger charge is 2.16. The van der Waals surface area contributed by atoms with Gasteiger partial charge < -0.3 is 4.74 Å². The van der Waals surface area contributed by atoms with Gasteiger partial charge in [-0.2, -0.15) is 0 Å². The molecule has 122 valence electrons. The Labute approximate surface area is 134 Å². The molecular weight excluding hydrogens is 296 g/mol. The summed E-state index contributed by atoms with van der Waals surface area (Å²) in [6.45, 7) is 5.61. The van der Waals surface area contributed by atoms with Gasteiger partial charge in [-0.15, -0.1) is 0 Å². The van der Waals surface area contributed by atoms with Crippen LogP contribution in [0.25, 0.3) is 11.1 Å². The van der Waals surface area contributed by atoms with Gasteiger partial charge in [0, 0.05) is 12.7 Å². The molecule has 1 aromatic heterocycles. The number of rotatable bonds is 4. The SMILES string of the molecule is CCn1c(=O)c(-c2cccc(C)c2C)cn(CC(=O)OC)c1=O. The summed E-state index contributed by atoms with van der Waals surface area (Å²) in [5.74, 6) is -0.541. The van der Waals surface area contributed by atoms with E-state index in [9.17, 15) is 14.4 Å². The second kappa shape index (κ2) is 6.64. The first-order valence-corrected chi connectivity index (χ1v) is 7.38. The summed E-state index contributed by atoms with van der Waals surface area (Å²) in [7, 11) is 1.26. The molecule has 23 heavy (non-hydrogen) atoms. The number of carbonyl (C=O) groups excluding carboxylic acids is 1.